The van der Waals surface area contributed by atoms with Crippen LogP contribution in [0.25, 0.3) is 10.9 Å². The van der Waals surface area contributed by atoms with Crippen LogP contribution in [0.15, 0.2) is 65.9 Å². The molecule has 0 aliphatic carbocycles. The number of nitrogens with one attached hydrogen (secondary N) is 1. The number of benzene rings is 2. The number of hydrogen-bond acceptors (Lipinski definition) is 5. The first kappa shape index (κ1) is 17.2. The van der Waals surface area contributed by atoms with Gasteiger partial charge in [0.1, 0.15) is 18.2 Å². The Bertz CT molecular complexity index is 934. The number of para-hydroxylation sites is 1. The third-order valence-electron chi connectivity index (χ3n) is 3.74. The van der Waals surface area contributed by atoms with Gasteiger partial charge in [0.25, 0.3) is 0 Å². The maximum atomic E-state index is 11.7. The molecule has 0 saturated heterocycles. The molecule has 0 aliphatic heterocycles. The fraction of sp³-hybridized carbons (Fsp3) is 0.105. The standard InChI is InChI=1S/C19H18N4O3/c20-18(23-25)11-19(24)22-14-5-7-15(8-6-14)26-12-13-9-10-21-17-4-2-1-3-16(13)17/h1-10,25H,11-12H2,(H2,20,23)(H,22,24). The molecule has 0 bridgehead atoms. The molecule has 132 valence electrons. The maximum Gasteiger partial charge on any atom is 0.232 e. The van der Waals surface area contributed by atoms with Crippen molar-refractivity contribution in [2.45, 2.75) is 13.0 Å². The summed E-state index contributed by atoms with van der Waals surface area (Å²) in [4.78, 5) is 16.0. The fourth-order valence-corrected chi connectivity index (χ4v) is 2.48. The number of nitrogens with two attached hydrogens (primary N) is 1. The van der Waals surface area contributed by atoms with Gasteiger partial charge in [-0.1, -0.05) is 23.4 Å². The summed E-state index contributed by atoms with van der Waals surface area (Å²) in [5.41, 5.74) is 7.88. The molecule has 1 aromatic heterocycles. The number of pyridine rings is 1. The highest BCUT2D eigenvalue weighted by Crippen LogP contribution is 2.20. The Morgan fingerprint density at radius 1 is 1.15 bits per heavy atom. The molecule has 1 amide bonds. The van der Waals surface area contributed by atoms with E-state index in [0.29, 0.717) is 18.0 Å². The molecule has 0 aliphatic rings. The zero-order valence-electron chi connectivity index (χ0n) is 13.9. The lowest BCUT2D eigenvalue weighted by atomic mass is 10.1. The van der Waals surface area contributed by atoms with Crippen LogP contribution in [0.1, 0.15) is 12.0 Å². The third-order valence-corrected chi connectivity index (χ3v) is 3.74. The van der Waals surface area contributed by atoms with Crippen molar-refractivity contribution in [1.29, 1.82) is 0 Å². The Morgan fingerprint density at radius 2 is 1.92 bits per heavy atom. The highest BCUT2D eigenvalue weighted by Gasteiger charge is 2.06. The Hall–Kier alpha value is -3.61. The highest BCUT2D eigenvalue weighted by molar-refractivity contribution is 6.04. The SMILES string of the molecule is NC(CC(=O)Nc1ccc(OCc2ccnc3ccccc23)cc1)=NO. The van der Waals surface area contributed by atoms with Gasteiger partial charge in [0, 0.05) is 22.8 Å². The fourth-order valence-electron chi connectivity index (χ4n) is 2.48. The van der Waals surface area contributed by atoms with Crippen LogP contribution in [0.3, 0.4) is 0 Å². The average molecular weight is 350 g/mol. The van der Waals surface area contributed by atoms with Crippen LogP contribution in [0, 0.1) is 0 Å². The molecule has 4 N–H and O–H groups in total. The van der Waals surface area contributed by atoms with E-state index in [4.69, 9.17) is 15.7 Å². The normalized spacial score (nSPS) is 11.3. The number of ether oxygens (including phenoxy) is 1. The van der Waals surface area contributed by atoms with Crippen LogP contribution in [0.5, 0.6) is 5.75 Å². The zero-order chi connectivity index (χ0) is 18.4. The summed E-state index contributed by atoms with van der Waals surface area (Å²) in [6.07, 6.45) is 1.59. The second kappa shape index (κ2) is 7.98. The van der Waals surface area contributed by atoms with Crippen molar-refractivity contribution in [2.24, 2.45) is 10.9 Å². The van der Waals surface area contributed by atoms with Crippen LogP contribution >= 0.6 is 0 Å². The zero-order valence-corrected chi connectivity index (χ0v) is 13.9. The Labute approximate surface area is 150 Å². The van der Waals surface area contributed by atoms with Crippen molar-refractivity contribution in [1.82, 2.24) is 4.98 Å². The smallest absolute Gasteiger partial charge is 0.232 e. The molecule has 1 heterocycles. The predicted octanol–water partition coefficient (Wildman–Crippen LogP) is 2.89. The Kier molecular flexibility index (Phi) is 5.28. The first-order valence-corrected chi connectivity index (χ1v) is 7.97. The average Bonchev–Trinajstić information content (AvgIpc) is 2.67. The number of nitrogens with zero attached hydrogens (tertiary/aromatic N) is 2. The van der Waals surface area contributed by atoms with Crippen molar-refractivity contribution in [2.75, 3.05) is 5.32 Å². The molecule has 0 fully saturated rings. The summed E-state index contributed by atoms with van der Waals surface area (Å²) in [6.45, 7) is 0.415. The van der Waals surface area contributed by atoms with Crippen molar-refractivity contribution in [3.8, 4) is 5.75 Å². The topological polar surface area (TPSA) is 110 Å². The molecule has 0 spiro atoms. The number of rotatable bonds is 6. The minimum atomic E-state index is -0.364. The molecular formula is C19H18N4O3. The Balaban J connectivity index is 1.62. The van der Waals surface area contributed by atoms with Crippen LogP contribution in [0.2, 0.25) is 0 Å². The second-order valence-electron chi connectivity index (χ2n) is 5.62. The summed E-state index contributed by atoms with van der Waals surface area (Å²) < 4.78 is 5.83. The van der Waals surface area contributed by atoms with Crippen LogP contribution < -0.4 is 15.8 Å². The highest BCUT2D eigenvalue weighted by atomic mass is 16.5. The van der Waals surface area contributed by atoms with E-state index in [1.54, 1.807) is 30.5 Å². The molecule has 7 nitrogen and oxygen atoms in total. The summed E-state index contributed by atoms with van der Waals surface area (Å²) in [5.74, 6) is 0.171. The molecule has 3 aromatic rings. The van der Waals surface area contributed by atoms with Gasteiger partial charge in [-0.15, -0.1) is 0 Å². The summed E-state index contributed by atoms with van der Waals surface area (Å²) in [5, 5.41) is 15.0. The molecule has 26 heavy (non-hydrogen) atoms. The minimum absolute atomic E-state index is 0.146. The number of amides is 1. The van der Waals surface area contributed by atoms with E-state index in [2.05, 4.69) is 15.5 Å². The van der Waals surface area contributed by atoms with Crippen molar-refractivity contribution in [3.63, 3.8) is 0 Å². The van der Waals surface area contributed by atoms with Gasteiger partial charge in [-0.25, -0.2) is 0 Å². The first-order chi connectivity index (χ1) is 12.7. The van der Waals surface area contributed by atoms with Gasteiger partial charge in [0.15, 0.2) is 0 Å². The summed E-state index contributed by atoms with van der Waals surface area (Å²) in [6, 6.07) is 16.8. The van der Waals surface area contributed by atoms with Crippen molar-refractivity contribution < 1.29 is 14.7 Å². The number of fused-ring (bicyclic) bond motifs is 1. The van der Waals surface area contributed by atoms with Gasteiger partial charge in [0.05, 0.1) is 11.9 Å². The van der Waals surface area contributed by atoms with Gasteiger partial charge in [-0.05, 0) is 36.4 Å². The molecule has 7 heteroatoms. The number of carbonyl (C=O) groups excluding carboxylic acids is 1. The van der Waals surface area contributed by atoms with E-state index in [-0.39, 0.29) is 18.2 Å². The van der Waals surface area contributed by atoms with Crippen molar-refractivity contribution >= 4 is 28.3 Å². The van der Waals surface area contributed by atoms with E-state index < -0.39 is 0 Å². The Morgan fingerprint density at radius 3 is 2.69 bits per heavy atom. The molecular weight excluding hydrogens is 332 g/mol. The van der Waals surface area contributed by atoms with E-state index in [1.807, 2.05) is 30.3 Å². The maximum absolute atomic E-state index is 11.7. The first-order valence-electron chi connectivity index (χ1n) is 7.97. The van der Waals surface area contributed by atoms with E-state index >= 15 is 0 Å². The number of hydrogen-bond donors (Lipinski definition) is 3. The lowest BCUT2D eigenvalue weighted by molar-refractivity contribution is -0.115. The largest absolute Gasteiger partial charge is 0.489 e. The van der Waals surface area contributed by atoms with Crippen LogP contribution in [-0.2, 0) is 11.4 Å². The van der Waals surface area contributed by atoms with Gasteiger partial charge in [-0.2, -0.15) is 0 Å². The molecule has 0 unspecified atom stereocenters. The van der Waals surface area contributed by atoms with Gasteiger partial charge in [-0.3, -0.25) is 9.78 Å². The van der Waals surface area contributed by atoms with Gasteiger partial charge in [0.2, 0.25) is 5.91 Å². The van der Waals surface area contributed by atoms with Crippen LogP contribution in [-0.4, -0.2) is 21.9 Å². The third kappa shape index (κ3) is 4.27. The molecule has 0 atom stereocenters. The van der Waals surface area contributed by atoms with E-state index in [0.717, 1.165) is 16.5 Å². The number of carbonyl (C=O) groups is 1. The van der Waals surface area contributed by atoms with E-state index in [1.165, 1.54) is 0 Å². The number of aromatic nitrogens is 1. The van der Waals surface area contributed by atoms with Gasteiger partial charge >= 0.3 is 0 Å². The molecule has 0 saturated carbocycles. The summed E-state index contributed by atoms with van der Waals surface area (Å²) >= 11 is 0. The lowest BCUT2D eigenvalue weighted by Gasteiger charge is -2.10. The molecule has 3 rings (SSSR count). The van der Waals surface area contributed by atoms with E-state index in [9.17, 15) is 4.79 Å². The molecule has 0 radical (unpaired) electrons. The lowest BCUT2D eigenvalue weighted by Crippen LogP contribution is -2.21. The number of oxime groups is 1. The van der Waals surface area contributed by atoms with Crippen molar-refractivity contribution in [3.05, 3.63) is 66.4 Å². The predicted molar refractivity (Wildman–Crippen MR) is 99.2 cm³/mol. The van der Waals surface area contributed by atoms with Crippen LogP contribution in [0.4, 0.5) is 5.69 Å². The number of amidine groups is 1. The van der Waals surface area contributed by atoms with Gasteiger partial charge < -0.3 is 21.0 Å². The molecule has 2 aromatic carbocycles. The number of anilines is 1. The quantitative estimate of drug-likeness (QED) is 0.274. The monoisotopic (exact) mass is 350 g/mol. The second-order valence-corrected chi connectivity index (χ2v) is 5.62. The summed E-state index contributed by atoms with van der Waals surface area (Å²) in [7, 11) is 0. The minimum Gasteiger partial charge on any atom is -0.489 e.